The highest BCUT2D eigenvalue weighted by atomic mass is 35.5. The Balaban J connectivity index is 1.62. The molecule has 1 N–H and O–H groups in total. The van der Waals surface area contributed by atoms with Crippen LogP contribution >= 0.6 is 11.6 Å². The van der Waals surface area contributed by atoms with E-state index in [1.165, 1.54) is 12.8 Å². The van der Waals surface area contributed by atoms with Crippen LogP contribution in [0.15, 0.2) is 33.8 Å². The van der Waals surface area contributed by atoms with Gasteiger partial charge in [0.25, 0.3) is 0 Å². The van der Waals surface area contributed by atoms with Crippen molar-refractivity contribution >= 4 is 17.6 Å². The van der Waals surface area contributed by atoms with Crippen molar-refractivity contribution in [1.29, 1.82) is 0 Å². The van der Waals surface area contributed by atoms with E-state index in [-0.39, 0.29) is 0 Å². The number of benzene rings is 1. The minimum Gasteiger partial charge on any atom is -0.347 e. The van der Waals surface area contributed by atoms with Gasteiger partial charge in [-0.2, -0.15) is 4.98 Å². The number of halogens is 1. The topological polar surface area (TPSA) is 66.5 Å². The van der Waals surface area contributed by atoms with Gasteiger partial charge in [0.2, 0.25) is 11.7 Å². The fourth-order valence-corrected chi connectivity index (χ4v) is 3.13. The molecule has 3 rings (SSSR count). The predicted octanol–water partition coefficient (Wildman–Crippen LogP) is 3.20. The molecule has 128 valence electrons. The van der Waals surface area contributed by atoms with Crippen molar-refractivity contribution in [2.75, 3.05) is 20.1 Å². The molecular weight excluding hydrogens is 326 g/mol. The Labute approximate surface area is 146 Å². The number of aliphatic imine (C=N–C) groups is 1. The lowest BCUT2D eigenvalue weighted by Gasteiger charge is -2.33. The summed E-state index contributed by atoms with van der Waals surface area (Å²) < 4.78 is 5.32. The Morgan fingerprint density at radius 1 is 1.50 bits per heavy atom. The number of rotatable bonds is 3. The average Bonchev–Trinajstić information content (AvgIpc) is 3.05. The molecule has 1 saturated heterocycles. The molecule has 0 aliphatic carbocycles. The van der Waals surface area contributed by atoms with Gasteiger partial charge in [0.15, 0.2) is 5.96 Å². The summed E-state index contributed by atoms with van der Waals surface area (Å²) in [5.41, 5.74) is 0.840. The predicted molar refractivity (Wildman–Crippen MR) is 94.9 cm³/mol. The van der Waals surface area contributed by atoms with Crippen LogP contribution < -0.4 is 5.32 Å². The maximum absolute atomic E-state index is 6.00. The minimum atomic E-state index is 0.450. The molecule has 1 atom stereocenters. The highest BCUT2D eigenvalue weighted by Crippen LogP contribution is 2.20. The lowest BCUT2D eigenvalue weighted by molar-refractivity contribution is 0.264. The number of likely N-dealkylation sites (tertiary alicyclic amines) is 1. The highest BCUT2D eigenvalue weighted by Gasteiger charge is 2.19. The van der Waals surface area contributed by atoms with Gasteiger partial charge in [0, 0.05) is 30.7 Å². The monoisotopic (exact) mass is 347 g/mol. The zero-order valence-electron chi connectivity index (χ0n) is 14.0. The molecule has 2 heterocycles. The van der Waals surface area contributed by atoms with Gasteiger partial charge in [-0.3, -0.25) is 4.99 Å². The van der Waals surface area contributed by atoms with Crippen molar-refractivity contribution in [3.05, 3.63) is 35.2 Å². The third-order valence-corrected chi connectivity index (χ3v) is 4.35. The first-order valence-corrected chi connectivity index (χ1v) is 8.57. The number of hydrogen-bond donors (Lipinski definition) is 1. The summed E-state index contributed by atoms with van der Waals surface area (Å²) in [7, 11) is 1.80. The first-order chi connectivity index (χ1) is 11.7. The third-order valence-electron chi connectivity index (χ3n) is 4.12. The second-order valence-electron chi connectivity index (χ2n) is 6.12. The Hall–Kier alpha value is -2.08. The fourth-order valence-electron chi connectivity index (χ4n) is 2.94. The van der Waals surface area contributed by atoms with Gasteiger partial charge in [-0.15, -0.1) is 0 Å². The van der Waals surface area contributed by atoms with E-state index in [2.05, 4.69) is 32.3 Å². The molecule has 0 radical (unpaired) electrons. The van der Waals surface area contributed by atoms with E-state index in [9.17, 15) is 0 Å². The van der Waals surface area contributed by atoms with Crippen molar-refractivity contribution < 1.29 is 4.52 Å². The lowest BCUT2D eigenvalue weighted by atomic mass is 10.0. The van der Waals surface area contributed by atoms with Crippen molar-refractivity contribution in [3.8, 4) is 11.4 Å². The standard InChI is InChI=1S/C17H22ClN5O/c1-12-5-4-8-23(11-12)17(19-2)20-10-15-21-16(22-24-15)13-6-3-7-14(18)9-13/h3,6-7,9,12H,4-5,8,10-11H2,1-2H3,(H,19,20). The van der Waals surface area contributed by atoms with E-state index < -0.39 is 0 Å². The van der Waals surface area contributed by atoms with Gasteiger partial charge >= 0.3 is 0 Å². The van der Waals surface area contributed by atoms with Crippen molar-refractivity contribution in [1.82, 2.24) is 20.4 Å². The highest BCUT2D eigenvalue weighted by molar-refractivity contribution is 6.30. The van der Waals surface area contributed by atoms with E-state index in [0.29, 0.717) is 29.2 Å². The van der Waals surface area contributed by atoms with Gasteiger partial charge in [-0.1, -0.05) is 35.8 Å². The second kappa shape index (κ2) is 7.66. The molecule has 6 nitrogen and oxygen atoms in total. The zero-order valence-corrected chi connectivity index (χ0v) is 14.8. The molecule has 0 bridgehead atoms. The van der Waals surface area contributed by atoms with E-state index >= 15 is 0 Å². The first kappa shape index (κ1) is 16.8. The average molecular weight is 348 g/mol. The summed E-state index contributed by atoms with van der Waals surface area (Å²) >= 11 is 6.00. The number of nitrogens with zero attached hydrogens (tertiary/aromatic N) is 4. The van der Waals surface area contributed by atoms with Gasteiger partial charge in [-0.05, 0) is 30.9 Å². The van der Waals surface area contributed by atoms with E-state index in [0.717, 1.165) is 24.6 Å². The number of guanidine groups is 1. The number of piperidine rings is 1. The van der Waals surface area contributed by atoms with Crippen LogP contribution in [0.5, 0.6) is 0 Å². The quantitative estimate of drug-likeness (QED) is 0.682. The molecule has 0 amide bonds. The van der Waals surface area contributed by atoms with Crippen LogP contribution in [0, 0.1) is 5.92 Å². The van der Waals surface area contributed by atoms with Crippen molar-refractivity contribution in [2.45, 2.75) is 26.3 Å². The summed E-state index contributed by atoms with van der Waals surface area (Å²) in [5.74, 6) is 2.63. The Bertz CT molecular complexity index is 715. The van der Waals surface area contributed by atoms with Crippen LogP contribution in [0.1, 0.15) is 25.7 Å². The van der Waals surface area contributed by atoms with Crippen LogP contribution in [0.4, 0.5) is 0 Å². The summed E-state index contributed by atoms with van der Waals surface area (Å²) in [6, 6.07) is 7.40. The Morgan fingerprint density at radius 3 is 3.12 bits per heavy atom. The SMILES string of the molecule is CN=C(NCc1nc(-c2cccc(Cl)c2)no1)N1CCCC(C)C1. The second-order valence-corrected chi connectivity index (χ2v) is 6.55. The van der Waals surface area contributed by atoms with Gasteiger partial charge in [-0.25, -0.2) is 0 Å². The smallest absolute Gasteiger partial charge is 0.246 e. The van der Waals surface area contributed by atoms with Crippen LogP contribution in [0.25, 0.3) is 11.4 Å². The molecule has 1 aromatic carbocycles. The Morgan fingerprint density at radius 2 is 2.38 bits per heavy atom. The summed E-state index contributed by atoms with van der Waals surface area (Å²) in [6.45, 7) is 4.78. The summed E-state index contributed by atoms with van der Waals surface area (Å²) in [6.07, 6.45) is 2.47. The Kier molecular flexibility index (Phi) is 5.35. The molecule has 1 aliphatic heterocycles. The van der Waals surface area contributed by atoms with E-state index in [1.54, 1.807) is 7.05 Å². The first-order valence-electron chi connectivity index (χ1n) is 8.20. The fraction of sp³-hybridized carbons (Fsp3) is 0.471. The summed E-state index contributed by atoms with van der Waals surface area (Å²) in [4.78, 5) is 11.1. The number of aromatic nitrogens is 2. The third kappa shape index (κ3) is 4.06. The maximum Gasteiger partial charge on any atom is 0.246 e. The van der Waals surface area contributed by atoms with Crippen LogP contribution in [-0.4, -0.2) is 41.1 Å². The molecule has 0 saturated carbocycles. The largest absolute Gasteiger partial charge is 0.347 e. The van der Waals surface area contributed by atoms with E-state index in [4.69, 9.17) is 16.1 Å². The molecule has 1 aliphatic rings. The van der Waals surface area contributed by atoms with Crippen LogP contribution in [-0.2, 0) is 6.54 Å². The van der Waals surface area contributed by atoms with Crippen LogP contribution in [0.2, 0.25) is 5.02 Å². The number of nitrogens with one attached hydrogen (secondary N) is 1. The molecule has 1 unspecified atom stereocenters. The molecule has 1 fully saturated rings. The van der Waals surface area contributed by atoms with Crippen molar-refractivity contribution in [3.63, 3.8) is 0 Å². The molecule has 0 spiro atoms. The van der Waals surface area contributed by atoms with Gasteiger partial charge in [0.1, 0.15) is 0 Å². The van der Waals surface area contributed by atoms with Crippen LogP contribution in [0.3, 0.4) is 0 Å². The molecule has 24 heavy (non-hydrogen) atoms. The lowest BCUT2D eigenvalue weighted by Crippen LogP contribution is -2.45. The van der Waals surface area contributed by atoms with Gasteiger partial charge in [0.05, 0.1) is 6.54 Å². The molecule has 2 aromatic rings. The maximum atomic E-state index is 6.00. The molecule has 1 aromatic heterocycles. The normalized spacial score (nSPS) is 18.7. The summed E-state index contributed by atoms with van der Waals surface area (Å²) in [5, 5.41) is 7.97. The van der Waals surface area contributed by atoms with Gasteiger partial charge < -0.3 is 14.7 Å². The zero-order chi connectivity index (χ0) is 16.9. The van der Waals surface area contributed by atoms with Crippen molar-refractivity contribution in [2.24, 2.45) is 10.9 Å². The number of hydrogen-bond acceptors (Lipinski definition) is 4. The van der Waals surface area contributed by atoms with E-state index in [1.807, 2.05) is 24.3 Å². The minimum absolute atomic E-state index is 0.450. The molecule has 7 heteroatoms. The molecular formula is C17H22ClN5O.